The molecule has 0 aliphatic carbocycles. The highest BCUT2D eigenvalue weighted by Gasteiger charge is 2.13. The van der Waals surface area contributed by atoms with Crippen LogP contribution in [0.2, 0.25) is 0 Å². The monoisotopic (exact) mass is 373 g/mol. The predicted octanol–water partition coefficient (Wildman–Crippen LogP) is 5.52. The molecule has 28 heavy (non-hydrogen) atoms. The zero-order valence-corrected chi connectivity index (χ0v) is 15.7. The van der Waals surface area contributed by atoms with E-state index >= 15 is 0 Å². The Balaban J connectivity index is 1.36. The zero-order valence-electron chi connectivity index (χ0n) is 15.7. The highest BCUT2D eigenvalue weighted by Crippen LogP contribution is 2.31. The number of H-pyrrole nitrogens is 1. The van der Waals surface area contributed by atoms with Crippen molar-refractivity contribution >= 4 is 0 Å². The van der Waals surface area contributed by atoms with Crippen molar-refractivity contribution in [3.63, 3.8) is 0 Å². The second kappa shape index (κ2) is 9.04. The average molecular weight is 373 g/mol. The zero-order chi connectivity index (χ0) is 19.0. The summed E-state index contributed by atoms with van der Waals surface area (Å²) >= 11 is 0. The Bertz CT molecular complexity index is 965. The molecule has 0 radical (unpaired) electrons. The van der Waals surface area contributed by atoms with Crippen LogP contribution in [0, 0.1) is 0 Å². The number of pyridine rings is 1. The molecule has 0 amide bonds. The topological polar surface area (TPSA) is 63.9 Å². The lowest BCUT2D eigenvalue weighted by atomic mass is 10.1. The number of aromatic amines is 1. The van der Waals surface area contributed by atoms with Crippen LogP contribution in [-0.2, 0) is 6.42 Å². The number of benzene rings is 1. The van der Waals surface area contributed by atoms with Crippen LogP contribution in [-0.4, -0.2) is 21.6 Å². The number of furan rings is 1. The van der Waals surface area contributed by atoms with Gasteiger partial charge in [-0.25, -0.2) is 9.97 Å². The molecule has 0 fully saturated rings. The Morgan fingerprint density at radius 2 is 1.86 bits per heavy atom. The molecule has 4 rings (SSSR count). The molecule has 0 saturated carbocycles. The van der Waals surface area contributed by atoms with Gasteiger partial charge in [0.15, 0.2) is 5.76 Å². The largest absolute Gasteiger partial charge is 0.491 e. The first kappa shape index (κ1) is 18.0. The lowest BCUT2D eigenvalue weighted by Crippen LogP contribution is -2.01. The average Bonchev–Trinajstić information content (AvgIpc) is 3.46. The summed E-state index contributed by atoms with van der Waals surface area (Å²) in [7, 11) is 0. The number of nitrogens with zero attached hydrogens (tertiary/aromatic N) is 2. The van der Waals surface area contributed by atoms with Crippen molar-refractivity contribution in [2.24, 2.45) is 0 Å². The van der Waals surface area contributed by atoms with E-state index in [1.165, 1.54) is 5.56 Å². The van der Waals surface area contributed by atoms with Crippen LogP contribution in [0.5, 0.6) is 5.75 Å². The molecule has 1 N–H and O–H groups in total. The first-order chi connectivity index (χ1) is 13.9. The van der Waals surface area contributed by atoms with Crippen molar-refractivity contribution in [1.82, 2.24) is 15.0 Å². The molecule has 3 heterocycles. The van der Waals surface area contributed by atoms with Crippen molar-refractivity contribution in [3.05, 3.63) is 78.9 Å². The van der Waals surface area contributed by atoms with Crippen molar-refractivity contribution in [3.8, 4) is 28.6 Å². The predicted molar refractivity (Wildman–Crippen MR) is 109 cm³/mol. The van der Waals surface area contributed by atoms with Crippen LogP contribution < -0.4 is 4.74 Å². The number of hydrogen-bond donors (Lipinski definition) is 1. The Morgan fingerprint density at radius 3 is 2.64 bits per heavy atom. The van der Waals surface area contributed by atoms with E-state index in [0.717, 1.165) is 42.8 Å². The summed E-state index contributed by atoms with van der Waals surface area (Å²) in [5.41, 5.74) is 3.77. The van der Waals surface area contributed by atoms with Gasteiger partial charge in [-0.15, -0.1) is 0 Å². The molecule has 0 unspecified atom stereocenters. The van der Waals surface area contributed by atoms with E-state index in [0.29, 0.717) is 18.1 Å². The molecule has 3 aromatic heterocycles. The maximum Gasteiger partial charge on any atom is 0.156 e. The normalized spacial score (nSPS) is 10.9. The molecular formula is C23H23N3O2. The number of aryl methyl sites for hydroxylation is 1. The van der Waals surface area contributed by atoms with Gasteiger partial charge in [0, 0.05) is 0 Å². The molecule has 5 heteroatoms. The number of nitrogens with one attached hydrogen (secondary N) is 1. The number of rotatable bonds is 9. The summed E-state index contributed by atoms with van der Waals surface area (Å²) in [6.45, 7) is 0.660. The van der Waals surface area contributed by atoms with Gasteiger partial charge in [0.1, 0.15) is 11.4 Å². The smallest absolute Gasteiger partial charge is 0.156 e. The van der Waals surface area contributed by atoms with E-state index in [9.17, 15) is 0 Å². The van der Waals surface area contributed by atoms with Crippen molar-refractivity contribution in [1.29, 1.82) is 0 Å². The van der Waals surface area contributed by atoms with Crippen LogP contribution in [0.4, 0.5) is 0 Å². The van der Waals surface area contributed by atoms with Crippen molar-refractivity contribution < 1.29 is 9.15 Å². The van der Waals surface area contributed by atoms with Gasteiger partial charge < -0.3 is 14.1 Å². The molecule has 142 valence electrons. The number of imidazole rings is 1. The van der Waals surface area contributed by atoms with E-state index in [1.807, 2.05) is 24.3 Å². The molecule has 5 nitrogen and oxygen atoms in total. The lowest BCUT2D eigenvalue weighted by Gasteiger charge is -2.11. The van der Waals surface area contributed by atoms with Crippen LogP contribution in [0.15, 0.2) is 77.8 Å². The Kier molecular flexibility index (Phi) is 5.83. The van der Waals surface area contributed by atoms with Gasteiger partial charge in [-0.1, -0.05) is 30.3 Å². The second-order valence-electron chi connectivity index (χ2n) is 6.63. The SMILES string of the molecule is c1ccc(CCCCCOc2ccc(-c3cnc[nH]3)nc2-c2ccco2)cc1. The van der Waals surface area contributed by atoms with Crippen LogP contribution in [0.3, 0.4) is 0 Å². The van der Waals surface area contributed by atoms with Crippen LogP contribution in [0.1, 0.15) is 24.8 Å². The van der Waals surface area contributed by atoms with E-state index in [1.54, 1.807) is 18.8 Å². The number of hydrogen-bond acceptors (Lipinski definition) is 4. The number of unbranched alkanes of at least 4 members (excludes halogenated alkanes) is 2. The summed E-state index contributed by atoms with van der Waals surface area (Å²) in [5, 5.41) is 0. The summed E-state index contributed by atoms with van der Waals surface area (Å²) in [6, 6.07) is 18.2. The standard InChI is InChI=1S/C23H23N3O2/c1-3-8-18(9-4-1)10-5-2-6-14-27-22-13-12-19(20-16-24-17-25-20)26-23(22)21-11-7-15-28-21/h1,3-4,7-9,11-13,15-17H,2,5-6,10,14H2,(H,24,25). The van der Waals surface area contributed by atoms with Crippen LogP contribution in [0.25, 0.3) is 22.8 Å². The quantitative estimate of drug-likeness (QED) is 0.392. The fraction of sp³-hybridized carbons (Fsp3) is 0.217. The Morgan fingerprint density at radius 1 is 0.929 bits per heavy atom. The fourth-order valence-electron chi connectivity index (χ4n) is 3.13. The van der Waals surface area contributed by atoms with Gasteiger partial charge in [0.05, 0.1) is 36.8 Å². The molecule has 0 spiro atoms. The van der Waals surface area contributed by atoms with Crippen molar-refractivity contribution in [2.45, 2.75) is 25.7 Å². The molecule has 1 aromatic carbocycles. The minimum Gasteiger partial charge on any atom is -0.491 e. The third-order valence-corrected chi connectivity index (χ3v) is 4.60. The third kappa shape index (κ3) is 4.49. The summed E-state index contributed by atoms with van der Waals surface area (Å²) in [5.74, 6) is 1.43. The molecule has 0 aliphatic heterocycles. The third-order valence-electron chi connectivity index (χ3n) is 4.60. The highest BCUT2D eigenvalue weighted by molar-refractivity contribution is 5.66. The van der Waals surface area contributed by atoms with E-state index < -0.39 is 0 Å². The summed E-state index contributed by atoms with van der Waals surface area (Å²) in [6.07, 6.45) is 9.45. The molecule has 0 saturated heterocycles. The van der Waals surface area contributed by atoms with Gasteiger partial charge in [-0.05, 0) is 55.5 Å². The first-order valence-electron chi connectivity index (χ1n) is 9.60. The van der Waals surface area contributed by atoms with E-state index in [-0.39, 0.29) is 0 Å². The molecule has 0 atom stereocenters. The van der Waals surface area contributed by atoms with Crippen LogP contribution >= 0.6 is 0 Å². The number of aromatic nitrogens is 3. The molecule has 4 aromatic rings. The van der Waals surface area contributed by atoms with Crippen molar-refractivity contribution in [2.75, 3.05) is 6.61 Å². The highest BCUT2D eigenvalue weighted by atomic mass is 16.5. The molecule has 0 bridgehead atoms. The maximum absolute atomic E-state index is 6.04. The lowest BCUT2D eigenvalue weighted by molar-refractivity contribution is 0.305. The number of ether oxygens (including phenoxy) is 1. The second-order valence-corrected chi connectivity index (χ2v) is 6.63. The minimum absolute atomic E-state index is 0.660. The van der Waals surface area contributed by atoms with Gasteiger partial charge in [0.25, 0.3) is 0 Å². The Hall–Kier alpha value is -3.34. The van der Waals surface area contributed by atoms with Gasteiger partial charge >= 0.3 is 0 Å². The van der Waals surface area contributed by atoms with E-state index in [4.69, 9.17) is 14.1 Å². The maximum atomic E-state index is 6.04. The Labute approximate surface area is 164 Å². The molecule has 0 aliphatic rings. The minimum atomic E-state index is 0.660. The first-order valence-corrected chi connectivity index (χ1v) is 9.60. The summed E-state index contributed by atoms with van der Waals surface area (Å²) < 4.78 is 11.6. The van der Waals surface area contributed by atoms with Gasteiger partial charge in [0.2, 0.25) is 0 Å². The van der Waals surface area contributed by atoms with E-state index in [2.05, 4.69) is 40.3 Å². The summed E-state index contributed by atoms with van der Waals surface area (Å²) in [4.78, 5) is 11.9. The van der Waals surface area contributed by atoms with Gasteiger partial charge in [-0.2, -0.15) is 0 Å². The molecular weight excluding hydrogens is 350 g/mol. The fourth-order valence-corrected chi connectivity index (χ4v) is 3.13. The van der Waals surface area contributed by atoms with Gasteiger partial charge in [-0.3, -0.25) is 0 Å².